The quantitative estimate of drug-likeness (QED) is 0.634. The normalized spacial score (nSPS) is 10.3. The summed E-state index contributed by atoms with van der Waals surface area (Å²) in [5, 5.41) is 0. The Morgan fingerprint density at radius 2 is 2.06 bits per heavy atom. The smallest absolute Gasteiger partial charge is 0.389 e. The largest absolute Gasteiger partial charge is 0.399 e. The summed E-state index contributed by atoms with van der Waals surface area (Å²) >= 11 is 0. The number of nitrogens with two attached hydrogens (primary N) is 1. The number of carbonyl (C=O) groups excluding carboxylic acids is 1. The molecule has 1 aromatic rings. The molecule has 0 amide bonds. The second-order valence-electron chi connectivity index (χ2n) is 3.33. The lowest BCUT2D eigenvalue weighted by Gasteiger charge is -2.15. The highest BCUT2D eigenvalue weighted by Crippen LogP contribution is 2.22. The third-order valence-corrected chi connectivity index (χ3v) is 1.94. The Balaban J connectivity index is 2.93. The van der Waals surface area contributed by atoms with Gasteiger partial charge in [0.1, 0.15) is 0 Å². The van der Waals surface area contributed by atoms with Crippen LogP contribution < -0.4 is 10.6 Å². The second-order valence-corrected chi connectivity index (χ2v) is 3.33. The van der Waals surface area contributed by atoms with Crippen molar-refractivity contribution in [3.63, 3.8) is 0 Å². The Kier molecular flexibility index (Phi) is 3.65. The lowest BCUT2D eigenvalue weighted by molar-refractivity contribution is -0.0906. The highest BCUT2D eigenvalue weighted by atomic mass is 19.3. The molecule has 0 radical (unpaired) electrons. The van der Waals surface area contributed by atoms with E-state index in [9.17, 15) is 13.6 Å². The minimum atomic E-state index is -3.12. The number of nitrogen functional groups attached to an aromatic ring is 1. The first kappa shape index (κ1) is 12.2. The van der Waals surface area contributed by atoms with Crippen LogP contribution in [0.15, 0.2) is 18.2 Å². The van der Waals surface area contributed by atoms with E-state index in [4.69, 9.17) is 5.73 Å². The van der Waals surface area contributed by atoms with Crippen molar-refractivity contribution < 1.29 is 18.3 Å². The second kappa shape index (κ2) is 4.78. The molecule has 16 heavy (non-hydrogen) atoms. The summed E-state index contributed by atoms with van der Waals surface area (Å²) in [5.74, 6) is -1.09. The van der Waals surface area contributed by atoms with E-state index in [1.165, 1.54) is 12.1 Å². The van der Waals surface area contributed by atoms with Crippen molar-refractivity contribution in [2.45, 2.75) is 6.61 Å². The predicted molar refractivity (Wildman–Crippen MR) is 56.6 cm³/mol. The van der Waals surface area contributed by atoms with Gasteiger partial charge < -0.3 is 15.4 Å². The third-order valence-electron chi connectivity index (χ3n) is 1.94. The number of hydrogen-bond acceptors (Lipinski definition) is 4. The van der Waals surface area contributed by atoms with E-state index < -0.39 is 12.6 Å². The van der Waals surface area contributed by atoms with E-state index in [0.29, 0.717) is 11.4 Å². The van der Waals surface area contributed by atoms with Gasteiger partial charge in [0.25, 0.3) is 0 Å². The molecule has 0 unspecified atom stereocenters. The monoisotopic (exact) mass is 230 g/mol. The van der Waals surface area contributed by atoms with Gasteiger partial charge in [-0.3, -0.25) is 0 Å². The van der Waals surface area contributed by atoms with Crippen LogP contribution >= 0.6 is 0 Å². The minimum absolute atomic E-state index is 0.00315. The van der Waals surface area contributed by atoms with E-state index in [1.807, 2.05) is 0 Å². The maximum Gasteiger partial charge on any atom is 0.389 e. The first-order chi connectivity index (χ1) is 7.41. The summed E-state index contributed by atoms with van der Waals surface area (Å²) in [6.45, 7) is -3.12. The Labute approximate surface area is 91.6 Å². The van der Waals surface area contributed by atoms with Gasteiger partial charge in [0, 0.05) is 14.1 Å². The first-order valence-electron chi connectivity index (χ1n) is 4.48. The van der Waals surface area contributed by atoms with Gasteiger partial charge in [0.2, 0.25) is 0 Å². The van der Waals surface area contributed by atoms with Gasteiger partial charge in [0.15, 0.2) is 0 Å². The summed E-state index contributed by atoms with van der Waals surface area (Å²) in [4.78, 5) is 12.9. The first-order valence-corrected chi connectivity index (χ1v) is 4.48. The molecule has 0 atom stereocenters. The number of hydrogen-bond donors (Lipinski definition) is 1. The lowest BCUT2D eigenvalue weighted by atomic mass is 10.1. The van der Waals surface area contributed by atoms with Crippen molar-refractivity contribution in [3.05, 3.63) is 23.8 Å². The van der Waals surface area contributed by atoms with Crippen LogP contribution in [0.5, 0.6) is 0 Å². The zero-order valence-electron chi connectivity index (χ0n) is 8.91. The molecular formula is C10H12F2N2O2. The number of rotatable bonds is 3. The van der Waals surface area contributed by atoms with Gasteiger partial charge in [0.05, 0.1) is 16.9 Å². The van der Waals surface area contributed by atoms with Crippen LogP contribution in [-0.2, 0) is 4.74 Å². The van der Waals surface area contributed by atoms with Crippen LogP contribution in [0.2, 0.25) is 0 Å². The molecule has 0 bridgehead atoms. The molecule has 4 nitrogen and oxygen atoms in total. The van der Waals surface area contributed by atoms with Crippen molar-refractivity contribution in [2.75, 3.05) is 24.7 Å². The van der Waals surface area contributed by atoms with Gasteiger partial charge in [-0.05, 0) is 18.2 Å². The van der Waals surface area contributed by atoms with Crippen LogP contribution in [0, 0.1) is 0 Å². The lowest BCUT2D eigenvalue weighted by Crippen LogP contribution is -2.13. The molecule has 0 spiro atoms. The van der Waals surface area contributed by atoms with E-state index in [-0.39, 0.29) is 5.56 Å². The molecule has 0 saturated carbocycles. The van der Waals surface area contributed by atoms with E-state index in [0.717, 1.165) is 0 Å². The molecule has 6 heteroatoms. The van der Waals surface area contributed by atoms with Crippen molar-refractivity contribution >= 4 is 17.3 Å². The highest BCUT2D eigenvalue weighted by molar-refractivity contribution is 5.92. The molecule has 88 valence electrons. The average Bonchev–Trinajstić information content (AvgIpc) is 2.15. The fraction of sp³-hybridized carbons (Fsp3) is 0.300. The van der Waals surface area contributed by atoms with Gasteiger partial charge in [-0.25, -0.2) is 4.79 Å². The van der Waals surface area contributed by atoms with Crippen molar-refractivity contribution in [1.29, 1.82) is 0 Å². The summed E-state index contributed by atoms with van der Waals surface area (Å²) < 4.78 is 27.3. The summed E-state index contributed by atoms with van der Waals surface area (Å²) in [5.41, 5.74) is 6.69. The van der Waals surface area contributed by atoms with Crippen LogP contribution in [0.25, 0.3) is 0 Å². The maximum atomic E-state index is 11.8. The van der Waals surface area contributed by atoms with Crippen molar-refractivity contribution in [1.82, 2.24) is 0 Å². The summed E-state index contributed by atoms with van der Waals surface area (Å²) in [7, 11) is 3.56. The minimum Gasteiger partial charge on any atom is -0.399 e. The molecule has 0 saturated heterocycles. The van der Waals surface area contributed by atoms with Gasteiger partial charge in [-0.15, -0.1) is 0 Å². The SMILES string of the molecule is CN(C)c1ccc(C(=O)OC(F)F)cc1N. The summed E-state index contributed by atoms with van der Waals surface area (Å²) in [6.07, 6.45) is 0. The maximum absolute atomic E-state index is 11.8. The molecular weight excluding hydrogens is 218 g/mol. The van der Waals surface area contributed by atoms with Crippen LogP contribution in [0.1, 0.15) is 10.4 Å². The van der Waals surface area contributed by atoms with Crippen LogP contribution in [-0.4, -0.2) is 26.7 Å². The number of alkyl halides is 2. The molecule has 2 N–H and O–H groups in total. The van der Waals surface area contributed by atoms with Crippen molar-refractivity contribution in [3.8, 4) is 0 Å². The summed E-state index contributed by atoms with van der Waals surface area (Å²) in [6, 6.07) is 4.26. The van der Waals surface area contributed by atoms with E-state index in [2.05, 4.69) is 4.74 Å². The average molecular weight is 230 g/mol. The van der Waals surface area contributed by atoms with Gasteiger partial charge >= 0.3 is 12.6 Å². The highest BCUT2D eigenvalue weighted by Gasteiger charge is 2.14. The Hall–Kier alpha value is -1.85. The van der Waals surface area contributed by atoms with Gasteiger partial charge in [-0.1, -0.05) is 0 Å². The molecule has 1 rings (SSSR count). The number of anilines is 2. The Bertz CT molecular complexity index is 394. The number of esters is 1. The predicted octanol–water partition coefficient (Wildman–Crippen LogP) is 1.71. The molecule has 0 aliphatic rings. The molecule has 0 fully saturated rings. The Morgan fingerprint density at radius 1 is 1.44 bits per heavy atom. The van der Waals surface area contributed by atoms with Crippen LogP contribution in [0.4, 0.5) is 20.2 Å². The molecule has 1 aromatic carbocycles. The fourth-order valence-electron chi connectivity index (χ4n) is 1.24. The Morgan fingerprint density at radius 3 is 2.50 bits per heavy atom. The molecule has 0 heterocycles. The van der Waals surface area contributed by atoms with Crippen molar-refractivity contribution in [2.24, 2.45) is 0 Å². The zero-order valence-corrected chi connectivity index (χ0v) is 8.91. The molecule has 0 aliphatic carbocycles. The number of benzene rings is 1. The molecule has 0 aliphatic heterocycles. The van der Waals surface area contributed by atoms with E-state index >= 15 is 0 Å². The molecule has 0 aromatic heterocycles. The zero-order chi connectivity index (χ0) is 12.3. The third kappa shape index (κ3) is 2.82. The fourth-order valence-corrected chi connectivity index (χ4v) is 1.24. The van der Waals surface area contributed by atoms with E-state index in [1.54, 1.807) is 25.1 Å². The van der Waals surface area contributed by atoms with Gasteiger partial charge in [-0.2, -0.15) is 8.78 Å². The standard InChI is InChI=1S/C10H12F2N2O2/c1-14(2)8-4-3-6(5-7(8)13)9(15)16-10(11)12/h3-5,10H,13H2,1-2H3. The van der Waals surface area contributed by atoms with Crippen LogP contribution in [0.3, 0.4) is 0 Å². The number of ether oxygens (including phenoxy) is 1. The number of halogens is 2. The number of nitrogens with zero attached hydrogens (tertiary/aromatic N) is 1. The topological polar surface area (TPSA) is 55.6 Å². The number of carbonyl (C=O) groups is 1.